The van der Waals surface area contributed by atoms with Crippen molar-refractivity contribution in [1.29, 1.82) is 0 Å². The lowest BCUT2D eigenvalue weighted by Gasteiger charge is -2.31. The van der Waals surface area contributed by atoms with E-state index in [0.717, 1.165) is 24.7 Å². The van der Waals surface area contributed by atoms with Gasteiger partial charge in [0.1, 0.15) is 0 Å². The molecule has 0 amide bonds. The van der Waals surface area contributed by atoms with Crippen molar-refractivity contribution < 1.29 is 0 Å². The lowest BCUT2D eigenvalue weighted by atomic mass is 9.93. The number of aromatic nitrogens is 3. The summed E-state index contributed by atoms with van der Waals surface area (Å²) in [5.74, 6) is 0.893. The molecule has 1 N–H and O–H groups in total. The third-order valence-electron chi connectivity index (χ3n) is 4.12. The second kappa shape index (κ2) is 6.68. The standard InChI is InChI=1S/C15H29N5/c1-15(2,3)20-12-14(17-18-20)11-19-9-6-13(7-10-19)5-8-16-4/h12-13,16H,5-11H2,1-4H3. The van der Waals surface area contributed by atoms with Crippen molar-refractivity contribution in [3.05, 3.63) is 11.9 Å². The predicted molar refractivity (Wildman–Crippen MR) is 81.6 cm³/mol. The van der Waals surface area contributed by atoms with Crippen LogP contribution in [0, 0.1) is 5.92 Å². The molecule has 1 saturated heterocycles. The summed E-state index contributed by atoms with van der Waals surface area (Å²) in [6.45, 7) is 10.9. The van der Waals surface area contributed by atoms with E-state index in [4.69, 9.17) is 0 Å². The monoisotopic (exact) mass is 279 g/mol. The Bertz CT molecular complexity index is 399. The topological polar surface area (TPSA) is 46.0 Å². The van der Waals surface area contributed by atoms with E-state index in [2.05, 4.69) is 47.5 Å². The zero-order valence-corrected chi connectivity index (χ0v) is 13.4. The zero-order valence-electron chi connectivity index (χ0n) is 13.4. The van der Waals surface area contributed by atoms with Crippen LogP contribution in [0.1, 0.15) is 45.7 Å². The maximum Gasteiger partial charge on any atom is 0.0967 e. The minimum Gasteiger partial charge on any atom is -0.320 e. The highest BCUT2D eigenvalue weighted by Gasteiger charge is 2.20. The average molecular weight is 279 g/mol. The lowest BCUT2D eigenvalue weighted by Crippen LogP contribution is -2.34. The largest absolute Gasteiger partial charge is 0.320 e. The van der Waals surface area contributed by atoms with E-state index in [9.17, 15) is 0 Å². The first-order valence-electron chi connectivity index (χ1n) is 7.77. The van der Waals surface area contributed by atoms with Gasteiger partial charge in [-0.25, -0.2) is 4.68 Å². The molecular weight excluding hydrogens is 250 g/mol. The Morgan fingerprint density at radius 3 is 2.55 bits per heavy atom. The molecule has 1 aromatic rings. The third kappa shape index (κ3) is 4.28. The van der Waals surface area contributed by atoms with Crippen molar-refractivity contribution in [3.63, 3.8) is 0 Å². The minimum absolute atomic E-state index is 0.0192. The van der Waals surface area contributed by atoms with Crippen LogP contribution < -0.4 is 5.32 Å². The Kier molecular flexibility index (Phi) is 5.16. The van der Waals surface area contributed by atoms with E-state index < -0.39 is 0 Å². The van der Waals surface area contributed by atoms with Crippen LogP contribution in [-0.4, -0.2) is 46.6 Å². The number of hydrogen-bond acceptors (Lipinski definition) is 4. The van der Waals surface area contributed by atoms with Crippen molar-refractivity contribution in [2.75, 3.05) is 26.7 Å². The van der Waals surface area contributed by atoms with E-state index in [1.165, 1.54) is 32.4 Å². The number of nitrogens with one attached hydrogen (secondary N) is 1. The second-order valence-corrected chi connectivity index (χ2v) is 6.94. The van der Waals surface area contributed by atoms with Crippen molar-refractivity contribution in [2.45, 2.75) is 52.1 Å². The van der Waals surface area contributed by atoms with Gasteiger partial charge < -0.3 is 5.32 Å². The van der Waals surface area contributed by atoms with Crippen LogP contribution in [0.2, 0.25) is 0 Å². The fourth-order valence-corrected chi connectivity index (χ4v) is 2.71. The van der Waals surface area contributed by atoms with E-state index in [1.54, 1.807) is 0 Å². The third-order valence-corrected chi connectivity index (χ3v) is 4.12. The van der Waals surface area contributed by atoms with Gasteiger partial charge in [0.2, 0.25) is 0 Å². The number of likely N-dealkylation sites (tertiary alicyclic amines) is 1. The fourth-order valence-electron chi connectivity index (χ4n) is 2.71. The molecule has 20 heavy (non-hydrogen) atoms. The molecule has 5 nitrogen and oxygen atoms in total. The quantitative estimate of drug-likeness (QED) is 0.893. The van der Waals surface area contributed by atoms with Gasteiger partial charge in [0, 0.05) is 6.54 Å². The van der Waals surface area contributed by atoms with Gasteiger partial charge in [-0.1, -0.05) is 5.21 Å². The number of nitrogens with zero attached hydrogens (tertiary/aromatic N) is 4. The molecule has 0 atom stereocenters. The molecule has 1 aliphatic heterocycles. The lowest BCUT2D eigenvalue weighted by molar-refractivity contribution is 0.170. The number of rotatable bonds is 5. The molecule has 2 heterocycles. The Balaban J connectivity index is 1.79. The molecule has 1 aromatic heterocycles. The SMILES string of the molecule is CNCCC1CCN(Cc2cn(C(C)(C)C)nn2)CC1. The zero-order chi connectivity index (χ0) is 14.6. The maximum atomic E-state index is 4.31. The first kappa shape index (κ1) is 15.4. The summed E-state index contributed by atoms with van der Waals surface area (Å²) in [7, 11) is 2.04. The summed E-state index contributed by atoms with van der Waals surface area (Å²) in [4.78, 5) is 2.51. The van der Waals surface area contributed by atoms with Crippen LogP contribution >= 0.6 is 0 Å². The molecule has 1 aliphatic rings. The average Bonchev–Trinajstić information content (AvgIpc) is 2.86. The van der Waals surface area contributed by atoms with Crippen LogP contribution in [0.3, 0.4) is 0 Å². The summed E-state index contributed by atoms with van der Waals surface area (Å²) >= 11 is 0. The Labute approximate surface area is 122 Å². The summed E-state index contributed by atoms with van der Waals surface area (Å²) in [6, 6.07) is 0. The first-order valence-corrected chi connectivity index (χ1v) is 7.77. The van der Waals surface area contributed by atoms with Gasteiger partial charge in [0.25, 0.3) is 0 Å². The molecule has 1 fully saturated rings. The van der Waals surface area contributed by atoms with Crippen LogP contribution in [0.5, 0.6) is 0 Å². The van der Waals surface area contributed by atoms with Crippen molar-refractivity contribution in [2.24, 2.45) is 5.92 Å². The fraction of sp³-hybridized carbons (Fsp3) is 0.867. The van der Waals surface area contributed by atoms with Gasteiger partial charge in [0.15, 0.2) is 0 Å². The van der Waals surface area contributed by atoms with Crippen LogP contribution in [-0.2, 0) is 12.1 Å². The van der Waals surface area contributed by atoms with E-state index in [1.807, 2.05) is 11.7 Å². The molecule has 0 unspecified atom stereocenters. The summed E-state index contributed by atoms with van der Waals surface area (Å²) in [5, 5.41) is 11.8. The molecule has 5 heteroatoms. The van der Waals surface area contributed by atoms with Gasteiger partial charge in [-0.3, -0.25) is 4.90 Å². The highest BCUT2D eigenvalue weighted by atomic mass is 15.4. The van der Waals surface area contributed by atoms with Gasteiger partial charge in [-0.05, 0) is 72.6 Å². The van der Waals surface area contributed by atoms with Gasteiger partial charge >= 0.3 is 0 Å². The number of hydrogen-bond donors (Lipinski definition) is 1. The second-order valence-electron chi connectivity index (χ2n) is 6.94. The Hall–Kier alpha value is -0.940. The molecule has 0 saturated carbocycles. The smallest absolute Gasteiger partial charge is 0.0967 e. The first-order chi connectivity index (χ1) is 9.49. The molecule has 0 bridgehead atoms. The number of piperidine rings is 1. The molecule has 0 aromatic carbocycles. The molecular formula is C15H29N5. The molecule has 114 valence electrons. The highest BCUT2D eigenvalue weighted by Crippen LogP contribution is 2.21. The van der Waals surface area contributed by atoms with Crippen molar-refractivity contribution >= 4 is 0 Å². The molecule has 2 rings (SSSR count). The molecule has 0 spiro atoms. The van der Waals surface area contributed by atoms with Crippen LogP contribution in [0.15, 0.2) is 6.20 Å². The minimum atomic E-state index is 0.0192. The molecule has 0 radical (unpaired) electrons. The van der Waals surface area contributed by atoms with Gasteiger partial charge in [-0.2, -0.15) is 0 Å². The van der Waals surface area contributed by atoms with Crippen LogP contribution in [0.4, 0.5) is 0 Å². The summed E-state index contributed by atoms with van der Waals surface area (Å²) in [5.41, 5.74) is 1.11. The Morgan fingerprint density at radius 2 is 2.00 bits per heavy atom. The predicted octanol–water partition coefficient (Wildman–Crippen LogP) is 1.85. The van der Waals surface area contributed by atoms with Gasteiger partial charge in [-0.15, -0.1) is 5.10 Å². The maximum absolute atomic E-state index is 4.31. The van der Waals surface area contributed by atoms with E-state index in [-0.39, 0.29) is 5.54 Å². The van der Waals surface area contributed by atoms with Crippen molar-refractivity contribution in [1.82, 2.24) is 25.2 Å². The van der Waals surface area contributed by atoms with Crippen LogP contribution in [0.25, 0.3) is 0 Å². The van der Waals surface area contributed by atoms with Gasteiger partial charge in [0.05, 0.1) is 17.4 Å². The highest BCUT2D eigenvalue weighted by molar-refractivity contribution is 4.95. The Morgan fingerprint density at radius 1 is 1.30 bits per heavy atom. The van der Waals surface area contributed by atoms with E-state index in [0.29, 0.717) is 0 Å². The van der Waals surface area contributed by atoms with E-state index >= 15 is 0 Å². The molecule has 0 aliphatic carbocycles. The summed E-state index contributed by atoms with van der Waals surface area (Å²) < 4.78 is 1.96. The summed E-state index contributed by atoms with van der Waals surface area (Å²) in [6.07, 6.45) is 6.03. The van der Waals surface area contributed by atoms with Crippen molar-refractivity contribution in [3.8, 4) is 0 Å². The normalized spacial score (nSPS) is 18.6.